The number of imidazole rings is 1. The number of thiazole rings is 1. The van der Waals surface area contributed by atoms with Crippen LogP contribution in [0.1, 0.15) is 76.3 Å². The fourth-order valence-electron chi connectivity index (χ4n) is 4.75. The third-order valence-electron chi connectivity index (χ3n) is 6.81. The largest absolute Gasteiger partial charge is 0.496 e. The van der Waals surface area contributed by atoms with Gasteiger partial charge in [0.2, 0.25) is 5.91 Å². The molecule has 1 aliphatic heterocycles. The molecule has 35 heavy (non-hydrogen) atoms. The minimum absolute atomic E-state index is 0.0441. The van der Waals surface area contributed by atoms with Gasteiger partial charge in [-0.25, -0.2) is 9.97 Å². The maximum Gasteiger partial charge on any atom is 0.242 e. The van der Waals surface area contributed by atoms with Crippen LogP contribution in [-0.4, -0.2) is 45.5 Å². The molecule has 0 aliphatic carbocycles. The van der Waals surface area contributed by atoms with E-state index in [1.165, 1.54) is 16.0 Å². The number of hydrogen-bond acceptors (Lipinski definition) is 5. The van der Waals surface area contributed by atoms with Crippen LogP contribution < -0.4 is 4.74 Å². The second-order valence-corrected chi connectivity index (χ2v) is 12.6. The van der Waals surface area contributed by atoms with E-state index in [1.807, 2.05) is 21.9 Å². The van der Waals surface area contributed by atoms with Crippen molar-refractivity contribution in [1.29, 1.82) is 0 Å². The quantitative estimate of drug-likeness (QED) is 0.435. The summed E-state index contributed by atoms with van der Waals surface area (Å²) < 4.78 is 7.76. The monoisotopic (exact) mass is 494 g/mol. The standard InChI is InChI=1S/C28H38N4O2S/c1-27(2,3)21-14-20(15-22(25(21)34-7)28(4,5)6)26-30-16-23(35-26)19-8-11-32(12-9-19)24(33)17-31-13-10-29-18-31/h10,13-16,18-19H,8-9,11-12,17H2,1-7H3. The van der Waals surface area contributed by atoms with E-state index in [1.54, 1.807) is 31.0 Å². The Morgan fingerprint density at radius 1 is 1.09 bits per heavy atom. The van der Waals surface area contributed by atoms with Crippen LogP contribution in [0.15, 0.2) is 37.1 Å². The van der Waals surface area contributed by atoms with Gasteiger partial charge in [0.05, 0.1) is 13.4 Å². The van der Waals surface area contributed by atoms with Crippen molar-refractivity contribution in [2.45, 2.75) is 77.7 Å². The van der Waals surface area contributed by atoms with Gasteiger partial charge in [0.25, 0.3) is 0 Å². The lowest BCUT2D eigenvalue weighted by molar-refractivity contribution is -0.132. The van der Waals surface area contributed by atoms with Crippen molar-refractivity contribution in [3.05, 3.63) is 53.1 Å². The third-order valence-corrected chi connectivity index (χ3v) is 8.02. The van der Waals surface area contributed by atoms with Gasteiger partial charge in [-0.3, -0.25) is 4.79 Å². The highest BCUT2D eigenvalue weighted by atomic mass is 32.1. The molecule has 0 radical (unpaired) electrons. The van der Waals surface area contributed by atoms with Crippen LogP contribution in [0.25, 0.3) is 10.6 Å². The van der Waals surface area contributed by atoms with E-state index in [4.69, 9.17) is 9.72 Å². The molecule has 0 saturated carbocycles. The Balaban J connectivity index is 1.53. The number of piperidine rings is 1. The number of methoxy groups -OCH3 is 1. The van der Waals surface area contributed by atoms with E-state index in [2.05, 4.69) is 58.7 Å². The Morgan fingerprint density at radius 2 is 1.71 bits per heavy atom. The number of nitrogens with zero attached hydrogens (tertiary/aromatic N) is 4. The summed E-state index contributed by atoms with van der Waals surface area (Å²) in [6, 6.07) is 4.52. The molecule has 3 heterocycles. The predicted molar refractivity (Wildman–Crippen MR) is 142 cm³/mol. The topological polar surface area (TPSA) is 60.2 Å². The first-order valence-electron chi connectivity index (χ1n) is 12.4. The Morgan fingerprint density at radius 3 is 2.23 bits per heavy atom. The van der Waals surface area contributed by atoms with Crippen LogP contribution in [0.4, 0.5) is 0 Å². The van der Waals surface area contributed by atoms with Crippen LogP contribution in [0, 0.1) is 0 Å². The number of likely N-dealkylation sites (tertiary alicyclic amines) is 1. The van der Waals surface area contributed by atoms with Crippen LogP contribution >= 0.6 is 11.3 Å². The molecule has 0 bridgehead atoms. The first-order valence-corrected chi connectivity index (χ1v) is 13.2. The Labute approximate surface area is 213 Å². The molecule has 0 unspecified atom stereocenters. The van der Waals surface area contributed by atoms with E-state index in [0.717, 1.165) is 42.3 Å². The van der Waals surface area contributed by atoms with Crippen molar-refractivity contribution in [2.24, 2.45) is 0 Å². The molecule has 0 N–H and O–H groups in total. The van der Waals surface area contributed by atoms with Crippen LogP contribution in [0.5, 0.6) is 5.75 Å². The predicted octanol–water partition coefficient (Wildman–Crippen LogP) is 6.02. The number of ether oxygens (including phenoxy) is 1. The zero-order chi connectivity index (χ0) is 25.4. The molecule has 6 nitrogen and oxygen atoms in total. The summed E-state index contributed by atoms with van der Waals surface area (Å²) >= 11 is 1.79. The lowest BCUT2D eigenvalue weighted by Crippen LogP contribution is -2.39. The number of benzene rings is 1. The molecule has 1 fully saturated rings. The number of hydrogen-bond donors (Lipinski definition) is 0. The zero-order valence-corrected chi connectivity index (χ0v) is 22.9. The van der Waals surface area contributed by atoms with Crippen molar-refractivity contribution in [3.8, 4) is 16.3 Å². The second kappa shape index (κ2) is 9.76. The van der Waals surface area contributed by atoms with Crippen molar-refractivity contribution in [3.63, 3.8) is 0 Å². The number of rotatable bonds is 5. The maximum atomic E-state index is 12.6. The second-order valence-electron chi connectivity index (χ2n) is 11.6. The van der Waals surface area contributed by atoms with Crippen LogP contribution in [-0.2, 0) is 22.2 Å². The average Bonchev–Trinajstić information content (AvgIpc) is 3.49. The van der Waals surface area contributed by atoms with Gasteiger partial charge in [0.15, 0.2) is 0 Å². The van der Waals surface area contributed by atoms with Gasteiger partial charge in [-0.1, -0.05) is 41.5 Å². The van der Waals surface area contributed by atoms with Crippen molar-refractivity contribution >= 4 is 17.2 Å². The lowest BCUT2D eigenvalue weighted by atomic mass is 9.78. The van der Waals surface area contributed by atoms with Gasteiger partial charge in [0, 0.05) is 53.2 Å². The van der Waals surface area contributed by atoms with Crippen molar-refractivity contribution in [1.82, 2.24) is 19.4 Å². The highest BCUT2D eigenvalue weighted by Gasteiger charge is 2.29. The van der Waals surface area contributed by atoms with E-state index in [0.29, 0.717) is 12.5 Å². The highest BCUT2D eigenvalue weighted by molar-refractivity contribution is 7.15. The minimum Gasteiger partial charge on any atom is -0.496 e. The average molecular weight is 495 g/mol. The molecule has 1 saturated heterocycles. The molecule has 7 heteroatoms. The summed E-state index contributed by atoms with van der Waals surface area (Å²) in [5, 5.41) is 1.05. The number of aromatic nitrogens is 3. The molecule has 1 amide bonds. The number of amides is 1. The molecular formula is C28H38N4O2S. The van der Waals surface area contributed by atoms with Crippen molar-refractivity contribution in [2.75, 3.05) is 20.2 Å². The summed E-state index contributed by atoms with van der Waals surface area (Å²) in [4.78, 5) is 24.8. The number of carbonyl (C=O) groups excluding carboxylic acids is 1. The first-order chi connectivity index (χ1) is 16.5. The van der Waals surface area contributed by atoms with E-state index in [9.17, 15) is 4.79 Å². The third kappa shape index (κ3) is 5.61. The normalized spacial score (nSPS) is 15.5. The van der Waals surface area contributed by atoms with Gasteiger partial charge in [0.1, 0.15) is 17.3 Å². The summed E-state index contributed by atoms with van der Waals surface area (Å²) in [6.45, 7) is 15.3. The zero-order valence-electron chi connectivity index (χ0n) is 22.1. The summed E-state index contributed by atoms with van der Waals surface area (Å²) in [5.41, 5.74) is 3.49. The summed E-state index contributed by atoms with van der Waals surface area (Å²) in [6.07, 6.45) is 9.22. The summed E-state index contributed by atoms with van der Waals surface area (Å²) in [5.74, 6) is 1.59. The van der Waals surface area contributed by atoms with E-state index >= 15 is 0 Å². The Kier molecular flexibility index (Phi) is 7.09. The van der Waals surface area contributed by atoms with Gasteiger partial charge in [-0.15, -0.1) is 11.3 Å². The fourth-order valence-corrected chi connectivity index (χ4v) is 5.82. The number of carbonyl (C=O) groups is 1. The van der Waals surface area contributed by atoms with Gasteiger partial charge in [-0.2, -0.15) is 0 Å². The van der Waals surface area contributed by atoms with Gasteiger partial charge in [-0.05, 0) is 41.7 Å². The van der Waals surface area contributed by atoms with Gasteiger partial charge >= 0.3 is 0 Å². The SMILES string of the molecule is COc1c(C(C)(C)C)cc(-c2ncc(C3CCN(C(=O)Cn4ccnc4)CC3)s2)cc1C(C)(C)C. The van der Waals surface area contributed by atoms with Crippen LogP contribution in [0.3, 0.4) is 0 Å². The molecule has 0 spiro atoms. The molecule has 188 valence electrons. The molecular weight excluding hydrogens is 456 g/mol. The highest BCUT2D eigenvalue weighted by Crippen LogP contribution is 2.44. The van der Waals surface area contributed by atoms with Crippen LogP contribution in [0.2, 0.25) is 0 Å². The first kappa shape index (κ1) is 25.4. The Hall–Kier alpha value is -2.67. The lowest BCUT2D eigenvalue weighted by Gasteiger charge is -2.31. The van der Waals surface area contributed by atoms with Gasteiger partial charge < -0.3 is 14.2 Å². The van der Waals surface area contributed by atoms with E-state index in [-0.39, 0.29) is 16.7 Å². The van der Waals surface area contributed by atoms with Crippen molar-refractivity contribution < 1.29 is 9.53 Å². The molecule has 3 aromatic rings. The molecule has 1 aliphatic rings. The minimum atomic E-state index is -0.0441. The smallest absolute Gasteiger partial charge is 0.242 e. The van der Waals surface area contributed by atoms with E-state index < -0.39 is 0 Å². The Bertz CT molecular complexity index is 1130. The summed E-state index contributed by atoms with van der Waals surface area (Å²) in [7, 11) is 1.77. The molecule has 2 aromatic heterocycles. The molecule has 0 atom stereocenters. The molecule has 1 aromatic carbocycles. The molecule has 4 rings (SSSR count). The fraction of sp³-hybridized carbons (Fsp3) is 0.536. The maximum absolute atomic E-state index is 12.6.